The second kappa shape index (κ2) is 4.71. The second-order valence-electron chi connectivity index (χ2n) is 4.66. The summed E-state index contributed by atoms with van der Waals surface area (Å²) in [5, 5.41) is 8.35. The van der Waals surface area contributed by atoms with Gasteiger partial charge in [-0.3, -0.25) is 0 Å². The molecule has 94 valence electrons. The normalized spacial score (nSPS) is 15.0. The van der Waals surface area contributed by atoms with Crippen molar-refractivity contribution in [2.24, 2.45) is 7.05 Å². The van der Waals surface area contributed by atoms with Crippen molar-refractivity contribution in [3.8, 4) is 11.4 Å². The van der Waals surface area contributed by atoms with Gasteiger partial charge in [0.15, 0.2) is 5.82 Å². The highest BCUT2D eigenvalue weighted by atomic mass is 35.5. The van der Waals surface area contributed by atoms with Gasteiger partial charge in [-0.25, -0.2) is 9.67 Å². The van der Waals surface area contributed by atoms with E-state index in [0.717, 1.165) is 23.0 Å². The summed E-state index contributed by atoms with van der Waals surface area (Å²) >= 11 is 6.08. The number of aromatic nitrogens is 3. The van der Waals surface area contributed by atoms with Crippen molar-refractivity contribution in [1.82, 2.24) is 20.1 Å². The maximum atomic E-state index is 6.08. The lowest BCUT2D eigenvalue weighted by Gasteiger charge is -2.10. The van der Waals surface area contributed by atoms with Crippen LogP contribution in [-0.2, 0) is 13.6 Å². The number of aryl methyl sites for hydroxylation is 1. The maximum Gasteiger partial charge on any atom is 0.158 e. The van der Waals surface area contributed by atoms with E-state index in [2.05, 4.69) is 21.5 Å². The van der Waals surface area contributed by atoms with E-state index in [1.165, 1.54) is 18.4 Å². The second-order valence-corrected chi connectivity index (χ2v) is 5.10. The highest BCUT2D eigenvalue weighted by Gasteiger charge is 2.21. The average Bonchev–Trinajstić information content (AvgIpc) is 3.09. The monoisotopic (exact) mass is 262 g/mol. The fourth-order valence-corrected chi connectivity index (χ4v) is 2.16. The Balaban J connectivity index is 1.94. The molecule has 1 saturated carbocycles. The van der Waals surface area contributed by atoms with Crippen LogP contribution < -0.4 is 5.32 Å². The first-order valence-corrected chi connectivity index (χ1v) is 6.48. The minimum absolute atomic E-state index is 0.688. The highest BCUT2D eigenvalue weighted by Crippen LogP contribution is 2.26. The standard InChI is InChI=1S/C13H15ClN4/c1-18-13(16-8-17-18)12-6-10(14)3-2-9(12)7-15-11-4-5-11/h2-3,6,8,11,15H,4-5,7H2,1H3. The molecular weight excluding hydrogens is 248 g/mol. The number of nitrogens with one attached hydrogen (secondary N) is 1. The van der Waals surface area contributed by atoms with Gasteiger partial charge < -0.3 is 5.32 Å². The summed E-state index contributed by atoms with van der Waals surface area (Å²) in [6.07, 6.45) is 4.13. The molecule has 1 aliphatic rings. The van der Waals surface area contributed by atoms with E-state index in [9.17, 15) is 0 Å². The molecular formula is C13H15ClN4. The Hall–Kier alpha value is -1.39. The van der Waals surface area contributed by atoms with E-state index < -0.39 is 0 Å². The molecule has 0 bridgehead atoms. The van der Waals surface area contributed by atoms with Crippen molar-refractivity contribution in [2.45, 2.75) is 25.4 Å². The molecule has 5 heteroatoms. The number of rotatable bonds is 4. The Bertz CT molecular complexity index is 560. The Morgan fingerprint density at radius 2 is 2.28 bits per heavy atom. The fourth-order valence-electron chi connectivity index (χ4n) is 1.99. The van der Waals surface area contributed by atoms with Crippen molar-refractivity contribution in [3.05, 3.63) is 35.1 Å². The van der Waals surface area contributed by atoms with Gasteiger partial charge in [0, 0.05) is 30.2 Å². The predicted octanol–water partition coefficient (Wildman–Crippen LogP) is 2.39. The van der Waals surface area contributed by atoms with Crippen LogP contribution in [0.1, 0.15) is 18.4 Å². The summed E-state index contributed by atoms with van der Waals surface area (Å²) in [7, 11) is 1.89. The number of nitrogens with zero attached hydrogens (tertiary/aromatic N) is 3. The minimum Gasteiger partial charge on any atom is -0.310 e. The molecule has 0 aliphatic heterocycles. The number of hydrogen-bond donors (Lipinski definition) is 1. The van der Waals surface area contributed by atoms with E-state index in [-0.39, 0.29) is 0 Å². The predicted molar refractivity (Wildman–Crippen MR) is 71.3 cm³/mol. The van der Waals surface area contributed by atoms with Gasteiger partial charge in [0.05, 0.1) is 0 Å². The van der Waals surface area contributed by atoms with Crippen LogP contribution in [0.2, 0.25) is 5.02 Å². The Morgan fingerprint density at radius 1 is 1.44 bits per heavy atom. The Morgan fingerprint density at radius 3 is 2.94 bits per heavy atom. The lowest BCUT2D eigenvalue weighted by atomic mass is 10.1. The zero-order chi connectivity index (χ0) is 12.5. The summed E-state index contributed by atoms with van der Waals surface area (Å²) < 4.78 is 1.77. The van der Waals surface area contributed by atoms with Crippen molar-refractivity contribution in [2.75, 3.05) is 0 Å². The quantitative estimate of drug-likeness (QED) is 0.920. The summed E-state index contributed by atoms with van der Waals surface area (Å²) in [6, 6.07) is 6.62. The smallest absolute Gasteiger partial charge is 0.158 e. The van der Waals surface area contributed by atoms with Crippen molar-refractivity contribution in [1.29, 1.82) is 0 Å². The molecule has 1 aliphatic carbocycles. The molecule has 0 atom stereocenters. The van der Waals surface area contributed by atoms with Crippen LogP contribution in [-0.4, -0.2) is 20.8 Å². The molecule has 1 aromatic heterocycles. The molecule has 0 amide bonds. The van der Waals surface area contributed by atoms with Crippen LogP contribution in [0.5, 0.6) is 0 Å². The van der Waals surface area contributed by atoms with Gasteiger partial charge in [-0.2, -0.15) is 5.10 Å². The van der Waals surface area contributed by atoms with Gasteiger partial charge in [-0.1, -0.05) is 17.7 Å². The molecule has 18 heavy (non-hydrogen) atoms. The first-order chi connectivity index (χ1) is 8.74. The highest BCUT2D eigenvalue weighted by molar-refractivity contribution is 6.30. The molecule has 0 radical (unpaired) electrons. The number of benzene rings is 1. The number of hydrogen-bond acceptors (Lipinski definition) is 3. The SMILES string of the molecule is Cn1ncnc1-c1cc(Cl)ccc1CNC1CC1. The molecule has 3 rings (SSSR count). The van der Waals surface area contributed by atoms with Gasteiger partial charge in [0.1, 0.15) is 6.33 Å². The van der Waals surface area contributed by atoms with E-state index in [1.54, 1.807) is 11.0 Å². The molecule has 1 fully saturated rings. The fraction of sp³-hybridized carbons (Fsp3) is 0.385. The third-order valence-corrected chi connectivity index (χ3v) is 3.42. The summed E-state index contributed by atoms with van der Waals surface area (Å²) in [5.74, 6) is 0.852. The third-order valence-electron chi connectivity index (χ3n) is 3.18. The molecule has 4 nitrogen and oxygen atoms in total. The van der Waals surface area contributed by atoms with Crippen LogP contribution >= 0.6 is 11.6 Å². The lowest BCUT2D eigenvalue weighted by molar-refractivity contribution is 0.687. The van der Waals surface area contributed by atoms with Gasteiger partial charge in [-0.15, -0.1) is 0 Å². The molecule has 1 heterocycles. The third kappa shape index (κ3) is 2.40. The molecule has 0 spiro atoms. The zero-order valence-corrected chi connectivity index (χ0v) is 11.0. The van der Waals surface area contributed by atoms with E-state index >= 15 is 0 Å². The largest absolute Gasteiger partial charge is 0.310 e. The summed E-state index contributed by atoms with van der Waals surface area (Å²) in [6.45, 7) is 0.851. The van der Waals surface area contributed by atoms with Crippen molar-refractivity contribution < 1.29 is 0 Å². The minimum atomic E-state index is 0.688. The first kappa shape index (κ1) is 11.7. The van der Waals surface area contributed by atoms with Crippen molar-refractivity contribution in [3.63, 3.8) is 0 Å². The Labute approximate surface area is 111 Å². The van der Waals surface area contributed by atoms with Crippen LogP contribution in [0.4, 0.5) is 0 Å². The van der Waals surface area contributed by atoms with Gasteiger partial charge >= 0.3 is 0 Å². The zero-order valence-electron chi connectivity index (χ0n) is 10.2. The molecule has 1 N–H and O–H groups in total. The molecule has 0 saturated heterocycles. The Kier molecular flexibility index (Phi) is 3.06. The average molecular weight is 263 g/mol. The first-order valence-electron chi connectivity index (χ1n) is 6.10. The molecule has 2 aromatic rings. The summed E-state index contributed by atoms with van der Waals surface area (Å²) in [5.41, 5.74) is 2.26. The lowest BCUT2D eigenvalue weighted by Crippen LogP contribution is -2.16. The van der Waals surface area contributed by atoms with E-state index in [0.29, 0.717) is 6.04 Å². The maximum absolute atomic E-state index is 6.08. The van der Waals surface area contributed by atoms with Gasteiger partial charge in [0.2, 0.25) is 0 Å². The van der Waals surface area contributed by atoms with Crippen LogP contribution in [0, 0.1) is 0 Å². The topological polar surface area (TPSA) is 42.7 Å². The van der Waals surface area contributed by atoms with Crippen molar-refractivity contribution >= 4 is 11.6 Å². The summed E-state index contributed by atoms with van der Waals surface area (Å²) in [4.78, 5) is 4.30. The van der Waals surface area contributed by atoms with E-state index in [1.807, 2.05) is 19.2 Å². The van der Waals surface area contributed by atoms with Gasteiger partial charge in [-0.05, 0) is 30.5 Å². The van der Waals surface area contributed by atoms with E-state index in [4.69, 9.17) is 11.6 Å². The molecule has 0 unspecified atom stereocenters. The van der Waals surface area contributed by atoms with Crippen LogP contribution in [0.25, 0.3) is 11.4 Å². The number of halogens is 1. The van der Waals surface area contributed by atoms with Crippen LogP contribution in [0.3, 0.4) is 0 Å². The molecule has 1 aromatic carbocycles. The van der Waals surface area contributed by atoms with Crippen LogP contribution in [0.15, 0.2) is 24.5 Å². The van der Waals surface area contributed by atoms with Gasteiger partial charge in [0.25, 0.3) is 0 Å².